The van der Waals surface area contributed by atoms with Crippen LogP contribution in [-0.4, -0.2) is 16.7 Å². The summed E-state index contributed by atoms with van der Waals surface area (Å²) in [4.78, 5) is 0.389. The summed E-state index contributed by atoms with van der Waals surface area (Å²) in [5.74, 6) is 0. The maximum atomic E-state index is 11.5. The Morgan fingerprint density at radius 1 is 0.871 bits per heavy atom. The molecule has 1 aliphatic rings. The van der Waals surface area contributed by atoms with Crippen molar-refractivity contribution >= 4 is 29.4 Å². The van der Waals surface area contributed by atoms with Crippen molar-refractivity contribution in [3.05, 3.63) is 90.0 Å². The van der Waals surface area contributed by atoms with Crippen molar-refractivity contribution in [1.82, 2.24) is 0 Å². The predicted octanol–water partition coefficient (Wildman–Crippen LogP) is 4.61. The minimum atomic E-state index is -2.66. The summed E-state index contributed by atoms with van der Waals surface area (Å²) < 4.78 is 30.4. The van der Waals surface area contributed by atoms with Gasteiger partial charge < -0.3 is 4.43 Å². The van der Waals surface area contributed by atoms with E-state index >= 15 is 0 Å². The molecule has 0 bridgehead atoms. The lowest BCUT2D eigenvalue weighted by Gasteiger charge is -2.46. The van der Waals surface area contributed by atoms with E-state index in [1.807, 2.05) is 12.1 Å². The van der Waals surface area contributed by atoms with Gasteiger partial charge in [-0.15, -0.1) is 0 Å². The van der Waals surface area contributed by atoms with Crippen molar-refractivity contribution in [2.24, 2.45) is 0 Å². The van der Waals surface area contributed by atoms with Gasteiger partial charge >= 0.3 is 0 Å². The highest BCUT2D eigenvalue weighted by molar-refractivity contribution is 7.72. The summed E-state index contributed by atoms with van der Waals surface area (Å²) in [5, 5.41) is 2.44. The highest BCUT2D eigenvalue weighted by Gasteiger charge is 2.51. The van der Waals surface area contributed by atoms with Crippen molar-refractivity contribution in [2.75, 3.05) is 0 Å². The smallest absolute Gasteiger partial charge is 0.261 e. The molecule has 31 heavy (non-hydrogen) atoms. The average molecular weight is 451 g/mol. The molecule has 0 saturated heterocycles. The number of benzene rings is 3. The second-order valence-electron chi connectivity index (χ2n) is 9.30. The molecule has 1 atom stereocenters. The van der Waals surface area contributed by atoms with E-state index < -0.39 is 19.0 Å². The number of hydrogen-bond acceptors (Lipinski definition) is 3. The summed E-state index contributed by atoms with van der Waals surface area (Å²) in [6.45, 7) is 6.86. The largest absolute Gasteiger partial charge is 0.400 e. The highest BCUT2D eigenvalue weighted by Crippen LogP contribution is 2.43. The molecule has 1 unspecified atom stereocenters. The molecule has 0 saturated carbocycles. The number of hydrogen-bond donors (Lipinski definition) is 1. The second-order valence-corrected chi connectivity index (χ2v) is 14.6. The van der Waals surface area contributed by atoms with Crippen LogP contribution in [0.3, 0.4) is 0 Å². The molecule has 0 heterocycles. The lowest BCUT2D eigenvalue weighted by atomic mass is 9.90. The van der Waals surface area contributed by atoms with Gasteiger partial charge in [0.25, 0.3) is 8.32 Å². The van der Waals surface area contributed by atoms with Gasteiger partial charge in [0.15, 0.2) is 10.7 Å². The van der Waals surface area contributed by atoms with Crippen LogP contribution in [0.1, 0.15) is 50.8 Å². The fourth-order valence-electron chi connectivity index (χ4n) is 4.90. The van der Waals surface area contributed by atoms with E-state index in [2.05, 4.69) is 81.4 Å². The fourth-order valence-corrected chi connectivity index (χ4v) is 10.0. The van der Waals surface area contributed by atoms with Crippen molar-refractivity contribution < 1.29 is 12.8 Å². The minimum Gasteiger partial charge on any atom is -0.400 e. The molecular formula is C26H30O3SSi. The number of fused-ring (bicyclic) bond motifs is 1. The molecule has 1 aliphatic carbocycles. The van der Waals surface area contributed by atoms with Gasteiger partial charge in [-0.05, 0) is 57.9 Å². The molecule has 5 heteroatoms. The Labute approximate surface area is 188 Å². The monoisotopic (exact) mass is 450 g/mol. The fraction of sp³-hybridized carbons (Fsp3) is 0.308. The Morgan fingerprint density at radius 3 is 1.97 bits per heavy atom. The van der Waals surface area contributed by atoms with Gasteiger partial charge in [0.1, 0.15) is 0 Å². The first kappa shape index (κ1) is 22.0. The van der Waals surface area contributed by atoms with Crippen LogP contribution in [0, 0.1) is 0 Å². The maximum absolute atomic E-state index is 11.5. The van der Waals surface area contributed by atoms with Gasteiger partial charge in [-0.1, -0.05) is 87.5 Å². The predicted molar refractivity (Wildman–Crippen MR) is 129 cm³/mol. The Kier molecular flexibility index (Phi) is 6.20. The number of aryl methyl sites for hydroxylation is 1. The first-order valence-electron chi connectivity index (χ1n) is 10.9. The Bertz CT molecular complexity index is 1070. The topological polar surface area (TPSA) is 43.4 Å². The van der Waals surface area contributed by atoms with E-state index in [1.54, 1.807) is 6.07 Å². The summed E-state index contributed by atoms with van der Waals surface area (Å²) in [6.07, 6.45) is 2.79. The Balaban J connectivity index is 1.87. The van der Waals surface area contributed by atoms with E-state index in [0.717, 1.165) is 30.4 Å². The normalized spacial score (nSPS) is 16.8. The van der Waals surface area contributed by atoms with Gasteiger partial charge in [-0.25, -0.2) is 8.42 Å². The second kappa shape index (κ2) is 8.73. The van der Waals surface area contributed by atoms with E-state index in [9.17, 15) is 8.42 Å². The van der Waals surface area contributed by atoms with E-state index in [-0.39, 0.29) is 11.1 Å². The van der Waals surface area contributed by atoms with Crippen LogP contribution in [0.25, 0.3) is 0 Å². The molecule has 3 aromatic carbocycles. The Morgan fingerprint density at radius 2 is 1.45 bits per heavy atom. The molecule has 0 spiro atoms. The lowest BCUT2D eigenvalue weighted by molar-refractivity contribution is 0.169. The van der Waals surface area contributed by atoms with E-state index in [4.69, 9.17) is 4.43 Å². The third-order valence-electron chi connectivity index (χ3n) is 6.33. The van der Waals surface area contributed by atoms with Crippen molar-refractivity contribution in [3.63, 3.8) is 0 Å². The third kappa shape index (κ3) is 4.14. The summed E-state index contributed by atoms with van der Waals surface area (Å²) in [5.41, 5.74) is 2.24. The molecule has 0 aliphatic heterocycles. The van der Waals surface area contributed by atoms with Gasteiger partial charge in [0, 0.05) is 0 Å². The average Bonchev–Trinajstić information content (AvgIpc) is 2.77. The maximum Gasteiger partial charge on any atom is 0.261 e. The lowest BCUT2D eigenvalue weighted by Crippen LogP contribution is -2.67. The molecule has 162 valence electrons. The van der Waals surface area contributed by atoms with Gasteiger partial charge in [-0.3, -0.25) is 0 Å². The summed E-state index contributed by atoms with van der Waals surface area (Å²) in [7, 11) is -5.23. The quantitative estimate of drug-likeness (QED) is 0.456. The molecule has 3 aromatic rings. The number of thiol groups is 1. The zero-order valence-electron chi connectivity index (χ0n) is 18.4. The minimum absolute atomic E-state index is 0.0476. The summed E-state index contributed by atoms with van der Waals surface area (Å²) >= 11 is 0. The van der Waals surface area contributed by atoms with Crippen LogP contribution in [0.4, 0.5) is 0 Å². The molecule has 4 rings (SSSR count). The zero-order valence-corrected chi connectivity index (χ0v) is 20.3. The SMILES string of the molecule is CC(C)(C)[Si](OC1CCCc2cc([SH](=O)=O)ccc21)(c1ccccc1)c1ccccc1. The van der Waals surface area contributed by atoms with Crippen LogP contribution in [0.15, 0.2) is 83.8 Å². The molecule has 0 radical (unpaired) electrons. The Hall–Kier alpha value is -2.21. The third-order valence-corrected chi connectivity index (χ3v) is 12.1. The van der Waals surface area contributed by atoms with Crippen molar-refractivity contribution in [3.8, 4) is 0 Å². The van der Waals surface area contributed by atoms with Crippen LogP contribution < -0.4 is 10.4 Å². The molecular weight excluding hydrogens is 420 g/mol. The van der Waals surface area contributed by atoms with Crippen molar-refractivity contribution in [2.45, 2.75) is 56.1 Å². The molecule has 0 amide bonds. The molecule has 0 N–H and O–H groups in total. The van der Waals surface area contributed by atoms with E-state index in [1.165, 1.54) is 10.4 Å². The molecule has 3 nitrogen and oxygen atoms in total. The zero-order chi connectivity index (χ0) is 22.1. The number of rotatable bonds is 5. The van der Waals surface area contributed by atoms with Crippen LogP contribution >= 0.6 is 0 Å². The first-order chi connectivity index (χ1) is 14.8. The van der Waals surface area contributed by atoms with Gasteiger partial charge in [0.2, 0.25) is 0 Å². The summed E-state index contributed by atoms with van der Waals surface area (Å²) in [6, 6.07) is 26.9. The highest BCUT2D eigenvalue weighted by atomic mass is 32.2. The standard InChI is InChI=1S/C26H30O3SSi/c1-26(2,3)31(22-12-6-4-7-13-22,23-14-8-5-9-15-23)29-25-16-10-11-20-19-21(30(27)28)17-18-24(20)25/h4-9,12-15,17-19,25,30H,10-11,16H2,1-3H3. The van der Waals surface area contributed by atoms with Crippen LogP contribution in [0.5, 0.6) is 0 Å². The van der Waals surface area contributed by atoms with E-state index in [0.29, 0.717) is 4.90 Å². The van der Waals surface area contributed by atoms with Gasteiger partial charge in [-0.2, -0.15) is 0 Å². The van der Waals surface area contributed by atoms with Crippen molar-refractivity contribution in [1.29, 1.82) is 0 Å². The first-order valence-corrected chi connectivity index (χ1v) is 14.0. The van der Waals surface area contributed by atoms with Crippen LogP contribution in [0.2, 0.25) is 5.04 Å². The van der Waals surface area contributed by atoms with Crippen LogP contribution in [-0.2, 0) is 21.6 Å². The van der Waals surface area contributed by atoms with Gasteiger partial charge in [0.05, 0.1) is 11.0 Å². The molecule has 0 aromatic heterocycles. The molecule has 0 fully saturated rings.